The van der Waals surface area contributed by atoms with Crippen LogP contribution in [0.2, 0.25) is 0 Å². The first kappa shape index (κ1) is 16.7. The van der Waals surface area contributed by atoms with Crippen LogP contribution in [0.4, 0.5) is 0 Å². The molecule has 0 aliphatic carbocycles. The number of nitrogens with zero attached hydrogens (tertiary/aromatic N) is 3. The van der Waals surface area contributed by atoms with E-state index in [0.717, 1.165) is 31.7 Å². The third-order valence-electron chi connectivity index (χ3n) is 5.48. The fourth-order valence-corrected chi connectivity index (χ4v) is 4.06. The van der Waals surface area contributed by atoms with Gasteiger partial charge in [0.1, 0.15) is 0 Å². The number of aryl methyl sites for hydroxylation is 1. The Bertz CT molecular complexity index is 548. The molecule has 3 rings (SSSR count). The molecule has 5 nitrogen and oxygen atoms in total. The largest absolute Gasteiger partial charge is 0.396 e. The molecule has 2 atom stereocenters. The second kappa shape index (κ2) is 7.16. The van der Waals surface area contributed by atoms with Gasteiger partial charge in [-0.25, -0.2) is 0 Å². The van der Waals surface area contributed by atoms with E-state index in [1.54, 1.807) is 6.92 Å². The van der Waals surface area contributed by atoms with Crippen LogP contribution in [0.25, 0.3) is 0 Å². The Labute approximate surface area is 138 Å². The molecule has 0 radical (unpaired) electrons. The second-order valence-corrected chi connectivity index (χ2v) is 7.29. The van der Waals surface area contributed by atoms with Crippen molar-refractivity contribution in [3.8, 4) is 0 Å². The molecule has 2 fully saturated rings. The van der Waals surface area contributed by atoms with Crippen LogP contribution in [0, 0.1) is 11.8 Å². The monoisotopic (exact) mass is 319 g/mol. The van der Waals surface area contributed by atoms with Crippen LogP contribution in [0.1, 0.15) is 35.8 Å². The van der Waals surface area contributed by atoms with Gasteiger partial charge in [0.05, 0.1) is 0 Å². The van der Waals surface area contributed by atoms with Crippen molar-refractivity contribution in [2.75, 3.05) is 39.3 Å². The molecule has 0 amide bonds. The zero-order valence-electron chi connectivity index (χ0n) is 14.4. The minimum absolute atomic E-state index is 0.119. The van der Waals surface area contributed by atoms with Gasteiger partial charge in [-0.2, -0.15) is 0 Å². The van der Waals surface area contributed by atoms with Gasteiger partial charge in [0.25, 0.3) is 0 Å². The Morgan fingerprint density at radius 1 is 1.22 bits per heavy atom. The highest BCUT2D eigenvalue weighted by Gasteiger charge is 2.34. The zero-order chi connectivity index (χ0) is 16.4. The van der Waals surface area contributed by atoms with Crippen molar-refractivity contribution in [2.24, 2.45) is 18.9 Å². The first-order valence-corrected chi connectivity index (χ1v) is 8.78. The van der Waals surface area contributed by atoms with Gasteiger partial charge in [-0.15, -0.1) is 0 Å². The SMILES string of the molecule is CC(=O)c1cc(CN2C[C@@H](CN3CCCC3)[C@@H](CO)C2)n(C)c1. The molecule has 2 saturated heterocycles. The molecule has 0 saturated carbocycles. The van der Waals surface area contributed by atoms with E-state index in [9.17, 15) is 9.90 Å². The van der Waals surface area contributed by atoms with Crippen LogP contribution >= 0.6 is 0 Å². The maximum absolute atomic E-state index is 11.5. The van der Waals surface area contributed by atoms with Gasteiger partial charge < -0.3 is 14.6 Å². The molecule has 1 aromatic heterocycles. The second-order valence-electron chi connectivity index (χ2n) is 7.29. The lowest BCUT2D eigenvalue weighted by Crippen LogP contribution is -2.31. The van der Waals surface area contributed by atoms with Crippen LogP contribution in [0.3, 0.4) is 0 Å². The molecule has 23 heavy (non-hydrogen) atoms. The Hall–Kier alpha value is -1.17. The van der Waals surface area contributed by atoms with E-state index in [-0.39, 0.29) is 12.4 Å². The minimum atomic E-state index is 0.119. The van der Waals surface area contributed by atoms with Crippen molar-refractivity contribution in [1.82, 2.24) is 14.4 Å². The summed E-state index contributed by atoms with van der Waals surface area (Å²) in [6, 6.07) is 2.00. The summed E-state index contributed by atoms with van der Waals surface area (Å²) in [5.74, 6) is 1.06. The van der Waals surface area contributed by atoms with E-state index in [0.29, 0.717) is 11.8 Å². The summed E-state index contributed by atoms with van der Waals surface area (Å²) in [6.07, 6.45) is 4.55. The number of aliphatic hydroxyl groups excluding tert-OH is 1. The summed E-state index contributed by atoms with van der Waals surface area (Å²) in [4.78, 5) is 16.5. The fourth-order valence-electron chi connectivity index (χ4n) is 4.06. The van der Waals surface area contributed by atoms with Crippen molar-refractivity contribution in [2.45, 2.75) is 26.3 Å². The third-order valence-corrected chi connectivity index (χ3v) is 5.48. The van der Waals surface area contributed by atoms with Crippen molar-refractivity contribution >= 4 is 5.78 Å². The average molecular weight is 319 g/mol. The fraction of sp³-hybridized carbons (Fsp3) is 0.722. The topological polar surface area (TPSA) is 48.7 Å². The van der Waals surface area contributed by atoms with Gasteiger partial charge in [0.2, 0.25) is 0 Å². The lowest BCUT2D eigenvalue weighted by molar-refractivity contribution is 0.101. The van der Waals surface area contributed by atoms with Crippen LogP contribution in [-0.2, 0) is 13.6 Å². The van der Waals surface area contributed by atoms with E-state index < -0.39 is 0 Å². The van der Waals surface area contributed by atoms with Crippen molar-refractivity contribution in [1.29, 1.82) is 0 Å². The maximum atomic E-state index is 11.5. The molecule has 0 spiro atoms. The highest BCUT2D eigenvalue weighted by molar-refractivity contribution is 5.94. The van der Waals surface area contributed by atoms with Crippen LogP contribution < -0.4 is 0 Å². The standard InChI is InChI=1S/C18H29N3O2/c1-14(23)15-7-18(19(2)8-15)12-21-10-16(17(11-21)13-22)9-20-5-3-4-6-20/h7-8,16-17,22H,3-6,9-13H2,1-2H3/t16-,17-/m1/s1. The molecule has 0 bridgehead atoms. The van der Waals surface area contributed by atoms with E-state index in [1.165, 1.54) is 31.6 Å². The van der Waals surface area contributed by atoms with E-state index >= 15 is 0 Å². The quantitative estimate of drug-likeness (QED) is 0.805. The van der Waals surface area contributed by atoms with E-state index in [2.05, 4.69) is 14.4 Å². The van der Waals surface area contributed by atoms with Crippen LogP contribution in [-0.4, -0.2) is 64.6 Å². The Kier molecular flexibility index (Phi) is 5.19. The number of carbonyl (C=O) groups is 1. The van der Waals surface area contributed by atoms with E-state index in [1.807, 2.05) is 19.3 Å². The zero-order valence-corrected chi connectivity index (χ0v) is 14.4. The summed E-state index contributed by atoms with van der Waals surface area (Å²) in [5.41, 5.74) is 1.96. The number of likely N-dealkylation sites (tertiary alicyclic amines) is 2. The Morgan fingerprint density at radius 3 is 2.52 bits per heavy atom. The smallest absolute Gasteiger partial charge is 0.161 e. The molecule has 2 aliphatic rings. The molecule has 128 valence electrons. The molecular weight excluding hydrogens is 290 g/mol. The molecular formula is C18H29N3O2. The van der Waals surface area contributed by atoms with Gasteiger partial charge in [0, 0.05) is 57.3 Å². The molecule has 1 N–H and O–H groups in total. The van der Waals surface area contributed by atoms with Gasteiger partial charge >= 0.3 is 0 Å². The predicted octanol–water partition coefficient (Wildman–Crippen LogP) is 1.36. The number of rotatable bonds is 6. The highest BCUT2D eigenvalue weighted by atomic mass is 16.3. The average Bonchev–Trinajstić information content (AvgIpc) is 3.22. The molecule has 2 aliphatic heterocycles. The number of aliphatic hydroxyl groups is 1. The molecule has 3 heterocycles. The first-order chi connectivity index (χ1) is 11.1. The number of Topliss-reactive ketones (excluding diaryl/α,β-unsaturated/α-hetero) is 1. The predicted molar refractivity (Wildman–Crippen MR) is 90.4 cm³/mol. The van der Waals surface area contributed by atoms with Crippen molar-refractivity contribution in [3.05, 3.63) is 23.5 Å². The molecule has 1 aromatic rings. The summed E-state index contributed by atoms with van der Waals surface area (Å²) < 4.78 is 2.05. The number of aromatic nitrogens is 1. The lowest BCUT2D eigenvalue weighted by Gasteiger charge is -2.23. The van der Waals surface area contributed by atoms with Crippen LogP contribution in [0.5, 0.6) is 0 Å². The minimum Gasteiger partial charge on any atom is -0.396 e. The summed E-state index contributed by atoms with van der Waals surface area (Å²) in [7, 11) is 2.00. The van der Waals surface area contributed by atoms with Gasteiger partial charge in [-0.1, -0.05) is 0 Å². The Morgan fingerprint density at radius 2 is 1.91 bits per heavy atom. The third kappa shape index (κ3) is 3.84. The normalized spacial score (nSPS) is 26.2. The molecule has 0 aromatic carbocycles. The van der Waals surface area contributed by atoms with E-state index in [4.69, 9.17) is 0 Å². The van der Waals surface area contributed by atoms with Gasteiger partial charge in [0.15, 0.2) is 5.78 Å². The van der Waals surface area contributed by atoms with Crippen molar-refractivity contribution in [3.63, 3.8) is 0 Å². The molecule has 5 heteroatoms. The summed E-state index contributed by atoms with van der Waals surface area (Å²) in [6.45, 7) is 8.30. The van der Waals surface area contributed by atoms with Crippen LogP contribution in [0.15, 0.2) is 12.3 Å². The summed E-state index contributed by atoms with van der Waals surface area (Å²) >= 11 is 0. The van der Waals surface area contributed by atoms with Crippen molar-refractivity contribution < 1.29 is 9.90 Å². The first-order valence-electron chi connectivity index (χ1n) is 8.78. The van der Waals surface area contributed by atoms with Gasteiger partial charge in [-0.05, 0) is 50.8 Å². The highest BCUT2D eigenvalue weighted by Crippen LogP contribution is 2.27. The lowest BCUT2D eigenvalue weighted by atomic mass is 9.96. The van der Waals surface area contributed by atoms with Gasteiger partial charge in [-0.3, -0.25) is 9.69 Å². The summed E-state index contributed by atoms with van der Waals surface area (Å²) in [5, 5.41) is 9.73. The Balaban J connectivity index is 1.61. The number of hydrogen-bond donors (Lipinski definition) is 1. The number of carbonyl (C=O) groups excluding carboxylic acids is 1. The molecule has 0 unspecified atom stereocenters. The number of hydrogen-bond acceptors (Lipinski definition) is 4. The number of ketones is 1. The maximum Gasteiger partial charge on any atom is 0.161 e.